The van der Waals surface area contributed by atoms with Gasteiger partial charge in [0.2, 0.25) is 10.0 Å². The van der Waals surface area contributed by atoms with Gasteiger partial charge in [0, 0.05) is 17.7 Å². The van der Waals surface area contributed by atoms with Crippen LogP contribution in [-0.2, 0) is 10.0 Å². The lowest BCUT2D eigenvalue weighted by atomic mass is 10.1. The van der Waals surface area contributed by atoms with E-state index in [1.165, 1.54) is 18.2 Å². The van der Waals surface area contributed by atoms with Crippen molar-refractivity contribution >= 4 is 26.7 Å². The van der Waals surface area contributed by atoms with E-state index < -0.39 is 10.0 Å². The molecule has 0 saturated heterocycles. The topological polar surface area (TPSA) is 76.4 Å². The van der Waals surface area contributed by atoms with Crippen molar-refractivity contribution < 1.29 is 12.8 Å². The van der Waals surface area contributed by atoms with Gasteiger partial charge >= 0.3 is 0 Å². The molecule has 0 aliphatic carbocycles. The van der Waals surface area contributed by atoms with Crippen molar-refractivity contribution in [2.45, 2.75) is 0 Å². The van der Waals surface area contributed by atoms with E-state index >= 15 is 0 Å². The molecule has 0 aliphatic heterocycles. The average Bonchev–Trinajstić information content (AvgIpc) is 2.46. The average molecular weight is 315 g/mol. The molecule has 1 N–H and O–H groups in total. The number of hydrogen-bond donors (Lipinski definition) is 1. The summed E-state index contributed by atoms with van der Waals surface area (Å²) in [6, 6.07) is 15.3. The van der Waals surface area contributed by atoms with Crippen molar-refractivity contribution in [3.63, 3.8) is 0 Å². The summed E-state index contributed by atoms with van der Waals surface area (Å²) in [5.41, 5.74) is 1.29. The maximum Gasteiger partial charge on any atom is 0.229 e. The van der Waals surface area contributed by atoms with E-state index in [1.54, 1.807) is 6.07 Å². The number of sulfonamides is 1. The van der Waals surface area contributed by atoms with E-state index in [4.69, 9.17) is 4.42 Å². The van der Waals surface area contributed by atoms with Crippen molar-refractivity contribution in [3.8, 4) is 11.3 Å². The van der Waals surface area contributed by atoms with Crippen LogP contribution in [0.1, 0.15) is 0 Å². The van der Waals surface area contributed by atoms with Crippen LogP contribution in [0.5, 0.6) is 0 Å². The molecule has 1 aromatic heterocycles. The zero-order valence-electron chi connectivity index (χ0n) is 11.7. The Morgan fingerprint density at radius 2 is 1.73 bits per heavy atom. The summed E-state index contributed by atoms with van der Waals surface area (Å²) in [6.07, 6.45) is 1.06. The van der Waals surface area contributed by atoms with Crippen LogP contribution in [0.3, 0.4) is 0 Å². The molecule has 0 radical (unpaired) electrons. The fourth-order valence-electron chi connectivity index (χ4n) is 2.18. The smallest absolute Gasteiger partial charge is 0.229 e. The molecule has 0 unspecified atom stereocenters. The van der Waals surface area contributed by atoms with Crippen molar-refractivity contribution in [3.05, 3.63) is 64.8 Å². The highest BCUT2D eigenvalue weighted by molar-refractivity contribution is 7.92. The summed E-state index contributed by atoms with van der Waals surface area (Å²) in [5, 5.41) is 0.402. The fraction of sp³-hybridized carbons (Fsp3) is 0.0625. The summed E-state index contributed by atoms with van der Waals surface area (Å²) in [5.74, 6) is 0.439. The lowest BCUT2D eigenvalue weighted by Crippen LogP contribution is -2.09. The molecule has 3 rings (SSSR count). The van der Waals surface area contributed by atoms with Crippen LogP contribution in [0.2, 0.25) is 0 Å². The van der Waals surface area contributed by atoms with Gasteiger partial charge in [-0.05, 0) is 12.1 Å². The third kappa shape index (κ3) is 3.01. The molecule has 6 heteroatoms. The number of rotatable bonds is 3. The van der Waals surface area contributed by atoms with Crippen molar-refractivity contribution in [1.82, 2.24) is 0 Å². The quantitative estimate of drug-likeness (QED) is 0.806. The van der Waals surface area contributed by atoms with Crippen LogP contribution >= 0.6 is 0 Å². The summed E-state index contributed by atoms with van der Waals surface area (Å²) < 4.78 is 30.7. The summed E-state index contributed by atoms with van der Waals surface area (Å²) in [7, 11) is -3.39. The Morgan fingerprint density at radius 3 is 2.41 bits per heavy atom. The van der Waals surface area contributed by atoms with E-state index in [2.05, 4.69) is 4.72 Å². The lowest BCUT2D eigenvalue weighted by Gasteiger charge is -2.06. The number of nitrogens with one attached hydrogen (secondary N) is 1. The first-order valence-electron chi connectivity index (χ1n) is 6.53. The molecule has 0 aliphatic rings. The van der Waals surface area contributed by atoms with Crippen molar-refractivity contribution in [2.24, 2.45) is 0 Å². The van der Waals surface area contributed by atoms with Gasteiger partial charge in [0.1, 0.15) is 11.3 Å². The second-order valence-electron chi connectivity index (χ2n) is 4.93. The highest BCUT2D eigenvalue weighted by atomic mass is 32.2. The van der Waals surface area contributed by atoms with Crippen LogP contribution in [0.15, 0.2) is 63.8 Å². The molecule has 0 saturated carbocycles. The fourth-order valence-corrected chi connectivity index (χ4v) is 2.73. The second kappa shape index (κ2) is 5.31. The number of fused-ring (bicyclic) bond motifs is 1. The molecule has 0 spiro atoms. The third-order valence-corrected chi connectivity index (χ3v) is 3.70. The zero-order chi connectivity index (χ0) is 15.7. The van der Waals surface area contributed by atoms with Crippen LogP contribution in [0.4, 0.5) is 5.69 Å². The highest BCUT2D eigenvalue weighted by Crippen LogP contribution is 2.24. The summed E-state index contributed by atoms with van der Waals surface area (Å²) >= 11 is 0. The van der Waals surface area contributed by atoms with E-state index in [-0.39, 0.29) is 5.43 Å². The molecule has 5 nitrogen and oxygen atoms in total. The van der Waals surface area contributed by atoms with Gasteiger partial charge in [-0.15, -0.1) is 0 Å². The minimum Gasteiger partial charge on any atom is -0.456 e. The van der Waals surface area contributed by atoms with Gasteiger partial charge in [-0.1, -0.05) is 30.3 Å². The maximum atomic E-state index is 12.2. The lowest BCUT2D eigenvalue weighted by molar-refractivity contribution is 0.607. The Hall–Kier alpha value is -2.60. The van der Waals surface area contributed by atoms with Gasteiger partial charge in [-0.2, -0.15) is 0 Å². The Bertz CT molecular complexity index is 992. The predicted molar refractivity (Wildman–Crippen MR) is 86.4 cm³/mol. The van der Waals surface area contributed by atoms with Crippen LogP contribution in [-0.4, -0.2) is 14.7 Å². The number of hydrogen-bond acceptors (Lipinski definition) is 4. The van der Waals surface area contributed by atoms with E-state index in [1.807, 2.05) is 30.3 Å². The van der Waals surface area contributed by atoms with E-state index in [0.29, 0.717) is 22.4 Å². The maximum absolute atomic E-state index is 12.2. The van der Waals surface area contributed by atoms with Gasteiger partial charge in [0.25, 0.3) is 0 Å². The molecule has 0 amide bonds. The van der Waals surface area contributed by atoms with Gasteiger partial charge in [-0.3, -0.25) is 9.52 Å². The van der Waals surface area contributed by atoms with Gasteiger partial charge < -0.3 is 4.42 Å². The molecule has 0 atom stereocenters. The summed E-state index contributed by atoms with van der Waals surface area (Å²) in [4.78, 5) is 12.2. The van der Waals surface area contributed by atoms with Crippen LogP contribution < -0.4 is 10.2 Å². The first-order valence-corrected chi connectivity index (χ1v) is 8.43. The molecule has 112 valence electrons. The normalized spacial score (nSPS) is 11.5. The standard InChI is InChI=1S/C16H13NO4S/c1-22(19,20)17-12-7-8-13-14(18)10-15(21-16(13)9-12)11-5-3-2-4-6-11/h2-10,17H,1H3. The van der Waals surface area contributed by atoms with Gasteiger partial charge in [-0.25, -0.2) is 8.42 Å². The van der Waals surface area contributed by atoms with Crippen LogP contribution in [0.25, 0.3) is 22.3 Å². The second-order valence-corrected chi connectivity index (χ2v) is 6.67. The predicted octanol–water partition coefficient (Wildman–Crippen LogP) is 2.83. The van der Waals surface area contributed by atoms with Gasteiger partial charge in [0.15, 0.2) is 5.43 Å². The number of anilines is 1. The Morgan fingerprint density at radius 1 is 1.00 bits per heavy atom. The van der Waals surface area contributed by atoms with Crippen LogP contribution in [0, 0.1) is 0 Å². The molecule has 22 heavy (non-hydrogen) atoms. The van der Waals surface area contributed by atoms with Gasteiger partial charge in [0.05, 0.1) is 17.3 Å². The van der Waals surface area contributed by atoms with Crippen molar-refractivity contribution in [1.29, 1.82) is 0 Å². The number of benzene rings is 2. The molecule has 1 heterocycles. The molecular formula is C16H13NO4S. The molecular weight excluding hydrogens is 302 g/mol. The Kier molecular flexibility index (Phi) is 3.46. The molecule has 0 fully saturated rings. The van der Waals surface area contributed by atoms with E-state index in [0.717, 1.165) is 11.8 Å². The minimum atomic E-state index is -3.39. The zero-order valence-corrected chi connectivity index (χ0v) is 12.6. The third-order valence-electron chi connectivity index (χ3n) is 3.09. The summed E-state index contributed by atoms with van der Waals surface area (Å²) in [6.45, 7) is 0. The first-order chi connectivity index (χ1) is 10.4. The Labute approximate surface area is 127 Å². The molecule has 3 aromatic rings. The minimum absolute atomic E-state index is 0.175. The first kappa shape index (κ1) is 14.3. The Balaban J connectivity index is 2.17. The van der Waals surface area contributed by atoms with Crippen molar-refractivity contribution in [2.75, 3.05) is 11.0 Å². The molecule has 2 aromatic carbocycles. The highest BCUT2D eigenvalue weighted by Gasteiger charge is 2.09. The largest absolute Gasteiger partial charge is 0.456 e. The molecule has 0 bridgehead atoms. The van der Waals surface area contributed by atoms with E-state index in [9.17, 15) is 13.2 Å². The monoisotopic (exact) mass is 315 g/mol. The SMILES string of the molecule is CS(=O)(=O)Nc1ccc2c(=O)cc(-c3ccccc3)oc2c1.